The van der Waals surface area contributed by atoms with Gasteiger partial charge in [0.15, 0.2) is 5.75 Å². The third kappa shape index (κ3) is 5.99. The van der Waals surface area contributed by atoms with Gasteiger partial charge in [-0.05, 0) is 55.1 Å². The van der Waals surface area contributed by atoms with Crippen LogP contribution in [-0.4, -0.2) is 30.6 Å². The molecule has 0 aromatic heterocycles. The molecule has 0 fully saturated rings. The molecule has 0 saturated carbocycles. The number of amides is 1. The third-order valence-corrected chi connectivity index (χ3v) is 7.34. The number of carbonyl (C=O) groups is 1. The van der Waals surface area contributed by atoms with Crippen LogP contribution in [0.5, 0.6) is 11.5 Å². The van der Waals surface area contributed by atoms with Gasteiger partial charge in [0.25, 0.3) is 16.0 Å². The van der Waals surface area contributed by atoms with Gasteiger partial charge in [0.05, 0.1) is 27.1 Å². The number of carbonyl (C=O) groups excluding carboxylic acids is 1. The fourth-order valence-corrected chi connectivity index (χ4v) is 5.26. The lowest BCUT2D eigenvalue weighted by atomic mass is 10.0. The van der Waals surface area contributed by atoms with E-state index in [1.54, 1.807) is 43.3 Å². The first kappa shape index (κ1) is 28.3. The smallest absolute Gasteiger partial charge is 0.294 e. The molecule has 9 nitrogen and oxygen atoms in total. The Morgan fingerprint density at radius 2 is 1.69 bits per heavy atom. The van der Waals surface area contributed by atoms with Crippen molar-refractivity contribution in [3.05, 3.63) is 81.8 Å². The molecule has 0 radical (unpaired) electrons. The summed E-state index contributed by atoms with van der Waals surface area (Å²) >= 11 is 12.5. The molecule has 202 valence electrons. The van der Waals surface area contributed by atoms with Gasteiger partial charge in [-0.15, -0.1) is 10.2 Å². The van der Waals surface area contributed by atoms with Crippen LogP contribution in [0.4, 0.5) is 17.1 Å². The Hall–Kier alpha value is -3.70. The van der Waals surface area contributed by atoms with E-state index in [9.17, 15) is 22.9 Å². The SMILES string of the molecule is CCOc1ccc(NC(=O)c2cc3ccccc3c(N=Nc3c(Cl)ccc(S(=O)(=O)O)c3CC)c2O)cc1Cl. The van der Waals surface area contributed by atoms with Crippen LogP contribution in [0.2, 0.25) is 10.0 Å². The zero-order chi connectivity index (χ0) is 28.3. The van der Waals surface area contributed by atoms with E-state index in [0.29, 0.717) is 33.8 Å². The molecular weight excluding hydrogens is 565 g/mol. The predicted molar refractivity (Wildman–Crippen MR) is 151 cm³/mol. The molecular formula is C27H23Cl2N3O6S. The number of aromatic hydroxyl groups is 1. The lowest BCUT2D eigenvalue weighted by Crippen LogP contribution is -2.12. The number of rotatable bonds is 8. The molecule has 1 amide bonds. The normalized spacial score (nSPS) is 11.7. The molecule has 0 aliphatic heterocycles. The maximum Gasteiger partial charge on any atom is 0.294 e. The number of azo groups is 1. The van der Waals surface area contributed by atoms with Crippen LogP contribution in [-0.2, 0) is 16.5 Å². The molecule has 0 aliphatic carbocycles. The highest BCUT2D eigenvalue weighted by molar-refractivity contribution is 7.85. The van der Waals surface area contributed by atoms with Gasteiger partial charge < -0.3 is 15.2 Å². The molecule has 0 heterocycles. The fraction of sp³-hybridized carbons (Fsp3) is 0.148. The quantitative estimate of drug-likeness (QED) is 0.142. The minimum atomic E-state index is -4.55. The number of hydrogen-bond donors (Lipinski definition) is 3. The highest BCUT2D eigenvalue weighted by Crippen LogP contribution is 2.42. The van der Waals surface area contributed by atoms with Crippen LogP contribution in [0.3, 0.4) is 0 Å². The first-order chi connectivity index (χ1) is 18.5. The standard InChI is InChI=1S/C27H23Cl2N3O6S/c1-3-17-23(39(35,36)37)12-10-20(28)24(17)31-32-25-18-8-6-5-7-15(18)13-19(26(25)33)27(34)30-16-9-11-22(38-4-2)21(29)14-16/h5-14,33H,3-4H2,1-2H3,(H,30,34)(H,35,36,37). The Morgan fingerprint density at radius 3 is 2.36 bits per heavy atom. The van der Waals surface area contributed by atoms with Crippen molar-refractivity contribution in [2.75, 3.05) is 11.9 Å². The summed E-state index contributed by atoms with van der Waals surface area (Å²) in [5.41, 5.74) is 0.431. The highest BCUT2D eigenvalue weighted by atomic mass is 35.5. The first-order valence-electron chi connectivity index (χ1n) is 11.7. The molecule has 0 atom stereocenters. The van der Waals surface area contributed by atoms with E-state index in [-0.39, 0.29) is 38.8 Å². The minimum absolute atomic E-state index is 0.0108. The van der Waals surface area contributed by atoms with E-state index in [1.807, 2.05) is 6.92 Å². The van der Waals surface area contributed by atoms with Crippen molar-refractivity contribution in [3.63, 3.8) is 0 Å². The number of benzene rings is 4. The summed E-state index contributed by atoms with van der Waals surface area (Å²) in [6.45, 7) is 3.93. The Balaban J connectivity index is 1.80. The molecule has 12 heteroatoms. The summed E-state index contributed by atoms with van der Waals surface area (Å²) in [4.78, 5) is 12.9. The third-order valence-electron chi connectivity index (χ3n) is 5.80. The molecule has 3 N–H and O–H groups in total. The molecule has 0 bridgehead atoms. The number of nitrogens with zero attached hydrogens (tertiary/aromatic N) is 2. The topological polar surface area (TPSA) is 138 Å². The van der Waals surface area contributed by atoms with Gasteiger partial charge in [-0.1, -0.05) is 54.4 Å². The van der Waals surface area contributed by atoms with Gasteiger partial charge in [0.2, 0.25) is 0 Å². The number of fused-ring (bicyclic) bond motifs is 1. The average molecular weight is 588 g/mol. The predicted octanol–water partition coefficient (Wildman–Crippen LogP) is 7.73. The highest BCUT2D eigenvalue weighted by Gasteiger charge is 2.22. The molecule has 0 unspecified atom stereocenters. The molecule has 39 heavy (non-hydrogen) atoms. The number of phenolic OH excluding ortho intramolecular Hbond substituents is 1. The van der Waals surface area contributed by atoms with Crippen molar-refractivity contribution in [2.24, 2.45) is 10.2 Å². The van der Waals surface area contributed by atoms with Crippen LogP contribution in [0, 0.1) is 0 Å². The lowest BCUT2D eigenvalue weighted by molar-refractivity contribution is 0.102. The Kier molecular flexibility index (Phi) is 8.41. The van der Waals surface area contributed by atoms with Crippen molar-refractivity contribution in [2.45, 2.75) is 25.2 Å². The maximum absolute atomic E-state index is 13.2. The van der Waals surface area contributed by atoms with Gasteiger partial charge >= 0.3 is 0 Å². The number of ether oxygens (including phenoxy) is 1. The molecule has 4 aromatic carbocycles. The number of nitrogens with one attached hydrogen (secondary N) is 1. The monoisotopic (exact) mass is 587 g/mol. The second-order valence-electron chi connectivity index (χ2n) is 8.28. The van der Waals surface area contributed by atoms with Gasteiger partial charge in [-0.2, -0.15) is 8.42 Å². The van der Waals surface area contributed by atoms with Crippen molar-refractivity contribution < 1.29 is 27.6 Å². The van der Waals surface area contributed by atoms with Crippen molar-refractivity contribution in [3.8, 4) is 11.5 Å². The molecule has 0 saturated heterocycles. The van der Waals surface area contributed by atoms with Crippen LogP contribution in [0.15, 0.2) is 75.8 Å². The summed E-state index contributed by atoms with van der Waals surface area (Å²) in [5.74, 6) is -0.612. The lowest BCUT2D eigenvalue weighted by Gasteiger charge is -2.13. The van der Waals surface area contributed by atoms with Gasteiger partial charge in [-0.3, -0.25) is 9.35 Å². The minimum Gasteiger partial charge on any atom is -0.505 e. The number of phenols is 1. The number of anilines is 1. The van der Waals surface area contributed by atoms with E-state index < -0.39 is 21.8 Å². The summed E-state index contributed by atoms with van der Waals surface area (Å²) in [6, 6.07) is 15.7. The van der Waals surface area contributed by atoms with Gasteiger partial charge in [-0.25, -0.2) is 0 Å². The van der Waals surface area contributed by atoms with E-state index in [4.69, 9.17) is 27.9 Å². The second-order valence-corrected chi connectivity index (χ2v) is 10.5. The first-order valence-corrected chi connectivity index (χ1v) is 13.9. The average Bonchev–Trinajstić information content (AvgIpc) is 2.89. The zero-order valence-electron chi connectivity index (χ0n) is 20.8. The van der Waals surface area contributed by atoms with Crippen molar-refractivity contribution in [1.29, 1.82) is 0 Å². The van der Waals surface area contributed by atoms with Crippen LogP contribution >= 0.6 is 23.2 Å². The largest absolute Gasteiger partial charge is 0.505 e. The van der Waals surface area contributed by atoms with Crippen LogP contribution in [0.25, 0.3) is 10.8 Å². The summed E-state index contributed by atoms with van der Waals surface area (Å²) in [6.07, 6.45) is 0.170. The fourth-order valence-electron chi connectivity index (χ4n) is 4.02. The molecule has 0 spiro atoms. The number of hydrogen-bond acceptors (Lipinski definition) is 7. The summed E-state index contributed by atoms with van der Waals surface area (Å²) < 4.78 is 38.8. The summed E-state index contributed by atoms with van der Waals surface area (Å²) in [5, 5.41) is 23.6. The molecule has 4 aromatic rings. The Morgan fingerprint density at radius 1 is 0.974 bits per heavy atom. The number of halogens is 2. The van der Waals surface area contributed by atoms with E-state index >= 15 is 0 Å². The van der Waals surface area contributed by atoms with E-state index in [0.717, 1.165) is 0 Å². The molecule has 0 aliphatic rings. The van der Waals surface area contributed by atoms with Gasteiger partial charge in [0, 0.05) is 16.6 Å². The van der Waals surface area contributed by atoms with E-state index in [2.05, 4.69) is 15.5 Å². The van der Waals surface area contributed by atoms with Gasteiger partial charge in [0.1, 0.15) is 17.1 Å². The van der Waals surface area contributed by atoms with Crippen LogP contribution < -0.4 is 10.1 Å². The Labute approximate surface area is 234 Å². The van der Waals surface area contributed by atoms with Crippen LogP contribution in [0.1, 0.15) is 29.8 Å². The van der Waals surface area contributed by atoms with Crippen molar-refractivity contribution in [1.82, 2.24) is 0 Å². The Bertz CT molecular complexity index is 1720. The summed E-state index contributed by atoms with van der Waals surface area (Å²) in [7, 11) is -4.55. The second kappa shape index (κ2) is 11.6. The maximum atomic E-state index is 13.2. The van der Waals surface area contributed by atoms with E-state index in [1.165, 1.54) is 24.3 Å². The van der Waals surface area contributed by atoms with Crippen molar-refractivity contribution >= 4 is 67.1 Å². The molecule has 4 rings (SSSR count). The zero-order valence-corrected chi connectivity index (χ0v) is 23.1.